The molecule has 1 heterocycles. The van der Waals surface area contributed by atoms with Crippen molar-refractivity contribution in [3.63, 3.8) is 0 Å². The van der Waals surface area contributed by atoms with Crippen LogP contribution in [0.3, 0.4) is 0 Å². The zero-order valence-corrected chi connectivity index (χ0v) is 12.8. The van der Waals surface area contributed by atoms with Gasteiger partial charge in [0, 0.05) is 22.7 Å². The van der Waals surface area contributed by atoms with Crippen LogP contribution in [0.5, 0.6) is 5.75 Å². The number of hydrogen-bond donors (Lipinski definition) is 1. The van der Waals surface area contributed by atoms with E-state index >= 15 is 0 Å². The molecule has 0 aliphatic heterocycles. The molecule has 2 unspecified atom stereocenters. The molecule has 2 nitrogen and oxygen atoms in total. The molecular formula is C14H15Cl2NOS. The molecule has 0 saturated carbocycles. The van der Waals surface area contributed by atoms with Crippen LogP contribution in [0.2, 0.25) is 10.0 Å². The Morgan fingerprint density at radius 1 is 1.32 bits per heavy atom. The molecule has 5 heteroatoms. The van der Waals surface area contributed by atoms with Crippen molar-refractivity contribution in [3.05, 3.63) is 50.6 Å². The Morgan fingerprint density at radius 3 is 2.74 bits per heavy atom. The largest absolute Gasteiger partial charge is 0.482 e. The van der Waals surface area contributed by atoms with Crippen LogP contribution >= 0.6 is 34.5 Å². The Labute approximate surface area is 127 Å². The minimum absolute atomic E-state index is 0.0929. The second-order valence-corrected chi connectivity index (χ2v) is 5.87. The SMILES string of the molecule is CCC(N)C(Oc1cc(Cl)ccc1Cl)c1ccsc1. The average molecular weight is 316 g/mol. The Kier molecular flexibility index (Phi) is 5.11. The number of ether oxygens (including phenoxy) is 1. The van der Waals surface area contributed by atoms with Gasteiger partial charge in [-0.3, -0.25) is 0 Å². The molecule has 0 bridgehead atoms. The van der Waals surface area contributed by atoms with Gasteiger partial charge in [-0.25, -0.2) is 0 Å². The third-order valence-electron chi connectivity index (χ3n) is 2.88. The normalized spacial score (nSPS) is 14.1. The Balaban J connectivity index is 2.28. The molecule has 1 aromatic carbocycles. The lowest BCUT2D eigenvalue weighted by Gasteiger charge is -2.24. The average Bonchev–Trinajstić information content (AvgIpc) is 2.92. The third kappa shape index (κ3) is 3.63. The van der Waals surface area contributed by atoms with E-state index in [0.29, 0.717) is 15.8 Å². The van der Waals surface area contributed by atoms with Gasteiger partial charge in [-0.05, 0) is 35.4 Å². The minimum Gasteiger partial charge on any atom is -0.482 e. The molecular weight excluding hydrogens is 301 g/mol. The highest BCUT2D eigenvalue weighted by atomic mass is 35.5. The van der Waals surface area contributed by atoms with Crippen LogP contribution in [0.4, 0.5) is 0 Å². The lowest BCUT2D eigenvalue weighted by Crippen LogP contribution is -2.31. The first-order valence-electron chi connectivity index (χ1n) is 6.01. The second kappa shape index (κ2) is 6.62. The first-order valence-corrected chi connectivity index (χ1v) is 7.71. The van der Waals surface area contributed by atoms with Crippen LogP contribution in [0.15, 0.2) is 35.0 Å². The molecule has 2 atom stereocenters. The predicted molar refractivity (Wildman–Crippen MR) is 82.4 cm³/mol. The van der Waals surface area contributed by atoms with Gasteiger partial charge in [0.15, 0.2) is 0 Å². The van der Waals surface area contributed by atoms with E-state index in [-0.39, 0.29) is 12.1 Å². The standard InChI is InChI=1S/C14H15Cl2NOS/c1-2-12(17)14(9-5-6-19-8-9)18-13-7-10(15)3-4-11(13)16/h3-8,12,14H,2,17H2,1H3. The fourth-order valence-electron chi connectivity index (χ4n) is 1.76. The summed E-state index contributed by atoms with van der Waals surface area (Å²) in [6.07, 6.45) is 0.603. The zero-order chi connectivity index (χ0) is 13.8. The molecule has 0 radical (unpaired) electrons. The van der Waals surface area contributed by atoms with Gasteiger partial charge in [0.25, 0.3) is 0 Å². The number of halogens is 2. The van der Waals surface area contributed by atoms with Gasteiger partial charge in [0.1, 0.15) is 11.9 Å². The van der Waals surface area contributed by atoms with E-state index in [0.717, 1.165) is 12.0 Å². The summed E-state index contributed by atoms with van der Waals surface area (Å²) in [7, 11) is 0. The second-order valence-electron chi connectivity index (χ2n) is 4.24. The van der Waals surface area contributed by atoms with E-state index in [4.69, 9.17) is 33.7 Å². The van der Waals surface area contributed by atoms with Gasteiger partial charge in [-0.15, -0.1) is 0 Å². The molecule has 2 N–H and O–H groups in total. The lowest BCUT2D eigenvalue weighted by atomic mass is 10.0. The molecule has 2 aromatic rings. The van der Waals surface area contributed by atoms with E-state index in [1.165, 1.54) is 0 Å². The van der Waals surface area contributed by atoms with Crippen LogP contribution in [0.1, 0.15) is 25.0 Å². The van der Waals surface area contributed by atoms with Gasteiger partial charge >= 0.3 is 0 Å². The van der Waals surface area contributed by atoms with Gasteiger partial charge in [0.2, 0.25) is 0 Å². The quantitative estimate of drug-likeness (QED) is 0.850. The molecule has 0 fully saturated rings. The molecule has 102 valence electrons. The van der Waals surface area contributed by atoms with Gasteiger partial charge in [-0.2, -0.15) is 11.3 Å². The molecule has 0 aliphatic rings. The van der Waals surface area contributed by atoms with E-state index in [9.17, 15) is 0 Å². The highest BCUT2D eigenvalue weighted by molar-refractivity contribution is 7.07. The van der Waals surface area contributed by atoms with Crippen molar-refractivity contribution >= 4 is 34.5 Å². The minimum atomic E-state index is -0.216. The number of thiophene rings is 1. The summed E-state index contributed by atoms with van der Waals surface area (Å²) in [5, 5.41) is 5.17. The summed E-state index contributed by atoms with van der Waals surface area (Å²) >= 11 is 13.7. The van der Waals surface area contributed by atoms with Crippen molar-refractivity contribution in [2.24, 2.45) is 5.73 Å². The Bertz CT molecular complexity index is 530. The Morgan fingerprint density at radius 2 is 2.11 bits per heavy atom. The molecule has 0 aliphatic carbocycles. The van der Waals surface area contributed by atoms with Gasteiger partial charge in [0.05, 0.1) is 5.02 Å². The van der Waals surface area contributed by atoms with Crippen LogP contribution < -0.4 is 10.5 Å². The Hall–Kier alpha value is -0.740. The molecule has 2 rings (SSSR count). The van der Waals surface area contributed by atoms with Crippen LogP contribution in [0.25, 0.3) is 0 Å². The number of rotatable bonds is 5. The zero-order valence-electron chi connectivity index (χ0n) is 10.5. The molecule has 0 saturated heterocycles. The molecule has 19 heavy (non-hydrogen) atoms. The van der Waals surface area contributed by atoms with Crippen LogP contribution in [-0.4, -0.2) is 6.04 Å². The number of hydrogen-bond acceptors (Lipinski definition) is 3. The van der Waals surface area contributed by atoms with Crippen molar-refractivity contribution in [3.8, 4) is 5.75 Å². The van der Waals surface area contributed by atoms with Gasteiger partial charge in [-0.1, -0.05) is 30.1 Å². The maximum Gasteiger partial charge on any atom is 0.140 e. The lowest BCUT2D eigenvalue weighted by molar-refractivity contribution is 0.171. The van der Waals surface area contributed by atoms with Crippen molar-refractivity contribution in [1.29, 1.82) is 0 Å². The highest BCUT2D eigenvalue weighted by Crippen LogP contribution is 2.33. The summed E-state index contributed by atoms with van der Waals surface area (Å²) in [5.41, 5.74) is 7.21. The van der Waals surface area contributed by atoms with Crippen molar-refractivity contribution in [2.75, 3.05) is 0 Å². The number of benzene rings is 1. The van der Waals surface area contributed by atoms with Crippen LogP contribution in [-0.2, 0) is 0 Å². The smallest absolute Gasteiger partial charge is 0.140 e. The fourth-order valence-corrected chi connectivity index (χ4v) is 2.77. The third-order valence-corrected chi connectivity index (χ3v) is 4.13. The van der Waals surface area contributed by atoms with E-state index in [1.807, 2.05) is 23.8 Å². The molecule has 0 amide bonds. The summed E-state index contributed by atoms with van der Waals surface area (Å²) in [4.78, 5) is 0. The van der Waals surface area contributed by atoms with E-state index in [2.05, 4.69) is 0 Å². The fraction of sp³-hybridized carbons (Fsp3) is 0.286. The summed E-state index contributed by atoms with van der Waals surface area (Å²) < 4.78 is 5.99. The van der Waals surface area contributed by atoms with Crippen LogP contribution in [0, 0.1) is 0 Å². The van der Waals surface area contributed by atoms with E-state index in [1.54, 1.807) is 29.5 Å². The molecule has 0 spiro atoms. The van der Waals surface area contributed by atoms with Gasteiger partial charge < -0.3 is 10.5 Å². The van der Waals surface area contributed by atoms with Crippen molar-refractivity contribution in [2.45, 2.75) is 25.5 Å². The highest BCUT2D eigenvalue weighted by Gasteiger charge is 2.22. The van der Waals surface area contributed by atoms with Crippen molar-refractivity contribution < 1.29 is 4.74 Å². The summed E-state index contributed by atoms with van der Waals surface area (Å²) in [6.45, 7) is 2.03. The predicted octanol–water partition coefficient (Wildman–Crippen LogP) is 4.91. The maximum atomic E-state index is 6.15. The summed E-state index contributed by atoms with van der Waals surface area (Å²) in [5.74, 6) is 0.564. The summed E-state index contributed by atoms with van der Waals surface area (Å²) in [6, 6.07) is 7.09. The first-order chi connectivity index (χ1) is 9.11. The topological polar surface area (TPSA) is 35.2 Å². The monoisotopic (exact) mass is 315 g/mol. The van der Waals surface area contributed by atoms with E-state index < -0.39 is 0 Å². The maximum absolute atomic E-state index is 6.15. The number of nitrogens with two attached hydrogens (primary N) is 1. The first kappa shape index (κ1) is 14.7. The van der Waals surface area contributed by atoms with Crippen molar-refractivity contribution in [1.82, 2.24) is 0 Å². The molecule has 1 aromatic heterocycles.